The van der Waals surface area contributed by atoms with Crippen molar-refractivity contribution in [2.75, 3.05) is 11.4 Å². The summed E-state index contributed by atoms with van der Waals surface area (Å²) in [5, 5.41) is 0.0507. The predicted molar refractivity (Wildman–Crippen MR) is 77.6 cm³/mol. The smallest absolute Gasteiger partial charge is 0.367 e. The molecule has 1 heterocycles. The van der Waals surface area contributed by atoms with Gasteiger partial charge in [0.15, 0.2) is 0 Å². The van der Waals surface area contributed by atoms with E-state index in [1.165, 1.54) is 18.2 Å². The third-order valence-corrected chi connectivity index (χ3v) is 3.97. The van der Waals surface area contributed by atoms with Crippen molar-refractivity contribution in [2.24, 2.45) is 0 Å². The molecule has 0 aromatic heterocycles. The van der Waals surface area contributed by atoms with Gasteiger partial charge < -0.3 is 4.90 Å². The normalized spacial score (nSPS) is 14.9. The number of anilines is 1. The average Bonchev–Trinajstić information content (AvgIpc) is 2.45. The zero-order valence-electron chi connectivity index (χ0n) is 11.4. The lowest BCUT2D eigenvalue weighted by Gasteiger charge is -2.31. The predicted octanol–water partition coefficient (Wildman–Crippen LogP) is 5.06. The fraction of sp³-hybridized carbons (Fsp3) is 0.250. The van der Waals surface area contributed by atoms with Gasteiger partial charge in [0.25, 0.3) is 0 Å². The fourth-order valence-corrected chi connectivity index (χ4v) is 2.89. The molecule has 0 unspecified atom stereocenters. The van der Waals surface area contributed by atoms with Gasteiger partial charge in [-0.2, -0.15) is 13.2 Å². The highest BCUT2D eigenvalue weighted by Gasteiger charge is 2.32. The Hall–Kier alpha value is -1.75. The second-order valence-electron chi connectivity index (χ2n) is 5.28. The molecule has 0 bridgehead atoms. The SMILES string of the molecule is Fc1ccc2c(c1)CCN(c1cc(Cl)cc(C(F)(F)F)c1)C2. The van der Waals surface area contributed by atoms with Gasteiger partial charge in [-0.05, 0) is 47.9 Å². The van der Waals surface area contributed by atoms with Crippen molar-refractivity contribution in [2.45, 2.75) is 19.1 Å². The minimum atomic E-state index is -4.43. The monoisotopic (exact) mass is 329 g/mol. The minimum absolute atomic E-state index is 0.0507. The highest BCUT2D eigenvalue weighted by molar-refractivity contribution is 6.31. The van der Waals surface area contributed by atoms with Crippen LogP contribution in [0.1, 0.15) is 16.7 Å². The van der Waals surface area contributed by atoms with E-state index in [0.717, 1.165) is 23.3 Å². The van der Waals surface area contributed by atoms with E-state index in [2.05, 4.69) is 0 Å². The summed E-state index contributed by atoms with van der Waals surface area (Å²) in [6.45, 7) is 0.960. The van der Waals surface area contributed by atoms with E-state index in [4.69, 9.17) is 11.6 Å². The molecule has 0 fully saturated rings. The Morgan fingerprint density at radius 3 is 2.50 bits per heavy atom. The van der Waals surface area contributed by atoms with E-state index in [1.807, 2.05) is 4.90 Å². The van der Waals surface area contributed by atoms with Crippen molar-refractivity contribution < 1.29 is 17.6 Å². The quantitative estimate of drug-likeness (QED) is 0.661. The summed E-state index contributed by atoms with van der Waals surface area (Å²) in [5.41, 5.74) is 1.48. The van der Waals surface area contributed by atoms with Crippen LogP contribution in [0.3, 0.4) is 0 Å². The summed E-state index contributed by atoms with van der Waals surface area (Å²) < 4.78 is 51.8. The van der Waals surface area contributed by atoms with Crippen LogP contribution in [-0.2, 0) is 19.1 Å². The molecular weight excluding hydrogens is 318 g/mol. The van der Waals surface area contributed by atoms with Gasteiger partial charge in [-0.25, -0.2) is 4.39 Å². The number of rotatable bonds is 1. The molecule has 0 saturated heterocycles. The lowest BCUT2D eigenvalue weighted by atomic mass is 9.99. The molecule has 1 aliphatic rings. The van der Waals surface area contributed by atoms with Gasteiger partial charge in [-0.1, -0.05) is 17.7 Å². The molecule has 1 aliphatic heterocycles. The summed E-state index contributed by atoms with van der Waals surface area (Å²) in [5.74, 6) is -0.297. The molecule has 2 aromatic rings. The third kappa shape index (κ3) is 3.04. The summed E-state index contributed by atoms with van der Waals surface area (Å²) in [7, 11) is 0. The second kappa shape index (κ2) is 5.47. The van der Waals surface area contributed by atoms with Crippen molar-refractivity contribution in [3.8, 4) is 0 Å². The van der Waals surface area contributed by atoms with Gasteiger partial charge in [0.05, 0.1) is 5.56 Å². The molecule has 0 radical (unpaired) electrons. The minimum Gasteiger partial charge on any atom is -0.367 e. The maximum atomic E-state index is 13.2. The number of hydrogen-bond acceptors (Lipinski definition) is 1. The average molecular weight is 330 g/mol. The van der Waals surface area contributed by atoms with E-state index in [1.54, 1.807) is 6.07 Å². The van der Waals surface area contributed by atoms with E-state index in [-0.39, 0.29) is 10.8 Å². The molecule has 0 aliphatic carbocycles. The highest BCUT2D eigenvalue weighted by atomic mass is 35.5. The molecular formula is C16H12ClF4N. The Balaban J connectivity index is 1.93. The first-order valence-electron chi connectivity index (χ1n) is 6.73. The van der Waals surface area contributed by atoms with Gasteiger partial charge in [0.2, 0.25) is 0 Å². The van der Waals surface area contributed by atoms with E-state index in [9.17, 15) is 17.6 Å². The Bertz CT molecular complexity index is 712. The molecule has 6 heteroatoms. The van der Waals surface area contributed by atoms with Gasteiger partial charge >= 0.3 is 6.18 Å². The summed E-state index contributed by atoms with van der Waals surface area (Å²) in [6, 6.07) is 8.04. The van der Waals surface area contributed by atoms with Crippen LogP contribution in [0.2, 0.25) is 5.02 Å². The Labute approximate surface area is 130 Å². The molecule has 0 amide bonds. The summed E-state index contributed by atoms with van der Waals surface area (Å²) in [6.07, 6.45) is -3.85. The summed E-state index contributed by atoms with van der Waals surface area (Å²) >= 11 is 5.82. The van der Waals surface area contributed by atoms with Crippen molar-refractivity contribution in [1.82, 2.24) is 0 Å². The van der Waals surface area contributed by atoms with Crippen LogP contribution >= 0.6 is 11.6 Å². The molecule has 116 valence electrons. The fourth-order valence-electron chi connectivity index (χ4n) is 2.66. The van der Waals surface area contributed by atoms with E-state index in [0.29, 0.717) is 25.2 Å². The van der Waals surface area contributed by atoms with Crippen molar-refractivity contribution in [3.63, 3.8) is 0 Å². The number of fused-ring (bicyclic) bond motifs is 1. The maximum absolute atomic E-state index is 13.2. The number of hydrogen-bond donors (Lipinski definition) is 0. The van der Waals surface area contributed by atoms with Crippen molar-refractivity contribution in [3.05, 3.63) is 63.9 Å². The topological polar surface area (TPSA) is 3.24 Å². The second-order valence-corrected chi connectivity index (χ2v) is 5.72. The van der Waals surface area contributed by atoms with Crippen molar-refractivity contribution in [1.29, 1.82) is 0 Å². The van der Waals surface area contributed by atoms with Gasteiger partial charge in [-0.15, -0.1) is 0 Å². The molecule has 0 spiro atoms. The van der Waals surface area contributed by atoms with Crippen LogP contribution in [-0.4, -0.2) is 6.54 Å². The van der Waals surface area contributed by atoms with Crippen LogP contribution in [0.25, 0.3) is 0 Å². The van der Waals surface area contributed by atoms with E-state index < -0.39 is 11.7 Å². The molecule has 0 N–H and O–H groups in total. The first-order valence-corrected chi connectivity index (χ1v) is 7.11. The first kappa shape index (κ1) is 15.2. The standard InChI is InChI=1S/C16H12ClF4N/c17-13-6-12(16(19,20)21)7-15(8-13)22-4-3-10-5-14(18)2-1-11(10)9-22/h1-2,5-8H,3-4,9H2. The van der Waals surface area contributed by atoms with Crippen LogP contribution in [0.5, 0.6) is 0 Å². The lowest BCUT2D eigenvalue weighted by molar-refractivity contribution is -0.137. The van der Waals surface area contributed by atoms with Crippen molar-refractivity contribution >= 4 is 17.3 Å². The largest absolute Gasteiger partial charge is 0.416 e. The molecule has 22 heavy (non-hydrogen) atoms. The number of benzene rings is 2. The molecule has 0 saturated carbocycles. The number of nitrogens with zero attached hydrogens (tertiary/aromatic N) is 1. The Kier molecular flexibility index (Phi) is 3.77. The van der Waals surface area contributed by atoms with Crippen LogP contribution in [0.4, 0.5) is 23.2 Å². The van der Waals surface area contributed by atoms with Crippen LogP contribution < -0.4 is 4.90 Å². The van der Waals surface area contributed by atoms with E-state index >= 15 is 0 Å². The first-order chi connectivity index (χ1) is 10.3. The maximum Gasteiger partial charge on any atom is 0.416 e. The zero-order chi connectivity index (χ0) is 15.9. The Morgan fingerprint density at radius 2 is 1.77 bits per heavy atom. The lowest BCUT2D eigenvalue weighted by Crippen LogP contribution is -2.30. The molecule has 0 atom stereocenters. The Morgan fingerprint density at radius 1 is 1.00 bits per heavy atom. The number of halogens is 5. The molecule has 3 rings (SSSR count). The zero-order valence-corrected chi connectivity index (χ0v) is 12.2. The number of alkyl halides is 3. The molecule has 2 aromatic carbocycles. The van der Waals surface area contributed by atoms with Gasteiger partial charge in [0.1, 0.15) is 5.82 Å². The van der Waals surface area contributed by atoms with Gasteiger partial charge in [0, 0.05) is 23.8 Å². The molecule has 1 nitrogen and oxygen atoms in total. The highest BCUT2D eigenvalue weighted by Crippen LogP contribution is 2.35. The van der Waals surface area contributed by atoms with Gasteiger partial charge in [-0.3, -0.25) is 0 Å². The summed E-state index contributed by atoms with van der Waals surface area (Å²) in [4.78, 5) is 1.82. The third-order valence-electron chi connectivity index (χ3n) is 3.76. The van der Waals surface area contributed by atoms with Crippen LogP contribution in [0, 0.1) is 5.82 Å². The van der Waals surface area contributed by atoms with Crippen LogP contribution in [0.15, 0.2) is 36.4 Å².